The summed E-state index contributed by atoms with van der Waals surface area (Å²) >= 11 is 0. The molecule has 2 saturated heterocycles. The van der Waals surface area contributed by atoms with Crippen LogP contribution in [0.1, 0.15) is 0 Å². The summed E-state index contributed by atoms with van der Waals surface area (Å²) < 4.78 is 0. The lowest BCUT2D eigenvalue weighted by Gasteiger charge is -2.36. The molecule has 12 heteroatoms. The van der Waals surface area contributed by atoms with Crippen molar-refractivity contribution < 1.29 is 38.4 Å². The first-order valence-electron chi connectivity index (χ1n) is 9.52. The maximum absolute atomic E-state index is 11.7. The maximum atomic E-state index is 11.7. The second kappa shape index (κ2) is 7.94. The summed E-state index contributed by atoms with van der Waals surface area (Å²) in [5.74, 6) is -4.64. The van der Waals surface area contributed by atoms with Crippen molar-refractivity contribution in [3.05, 3.63) is 24.3 Å². The monoisotopic (exact) mass is 444 g/mol. The molecular formula is C20H20N4O8. The van der Waals surface area contributed by atoms with Crippen LogP contribution in [0.2, 0.25) is 0 Å². The second-order valence-corrected chi connectivity index (χ2v) is 7.71. The van der Waals surface area contributed by atoms with E-state index in [-0.39, 0.29) is 47.3 Å². The fourth-order valence-electron chi connectivity index (χ4n) is 4.04. The van der Waals surface area contributed by atoms with E-state index < -0.39 is 23.7 Å². The molecule has 0 aromatic carbocycles. The Kier molecular flexibility index (Phi) is 5.64. The van der Waals surface area contributed by atoms with Crippen molar-refractivity contribution in [1.29, 1.82) is 0 Å². The standard InChI is InChI=1S/C10H10N2O4.2C5H5NO2/c1-11-7(13)3-4(8(11)14)6-5(3)9(15)12(2)10(6)16;2*1-6-4(7)2-3-5(6)8/h3-6H,1-2H3;2*2-3H,1H3. The van der Waals surface area contributed by atoms with Gasteiger partial charge in [-0.05, 0) is 0 Å². The van der Waals surface area contributed by atoms with Gasteiger partial charge in [-0.15, -0.1) is 0 Å². The fraction of sp³-hybridized carbons (Fsp3) is 0.400. The van der Waals surface area contributed by atoms with Crippen LogP contribution in [0, 0.1) is 23.7 Å². The van der Waals surface area contributed by atoms with E-state index in [2.05, 4.69) is 0 Å². The number of carbonyl (C=O) groups is 8. The van der Waals surface area contributed by atoms with E-state index >= 15 is 0 Å². The molecule has 32 heavy (non-hydrogen) atoms. The van der Waals surface area contributed by atoms with Gasteiger partial charge in [0.05, 0.1) is 23.7 Å². The number of imide groups is 4. The van der Waals surface area contributed by atoms with Crippen LogP contribution >= 0.6 is 0 Å². The third-order valence-corrected chi connectivity index (χ3v) is 6.07. The number of nitrogens with zero attached hydrogens (tertiary/aromatic N) is 4. The number of carbonyl (C=O) groups excluding carboxylic acids is 8. The first kappa shape index (κ1) is 22.7. The highest BCUT2D eigenvalue weighted by atomic mass is 16.2. The number of hydrogen-bond acceptors (Lipinski definition) is 8. The van der Waals surface area contributed by atoms with Crippen LogP contribution in [0.25, 0.3) is 0 Å². The van der Waals surface area contributed by atoms with Crippen LogP contribution in [-0.4, -0.2) is 95.0 Å². The molecule has 0 bridgehead atoms. The number of rotatable bonds is 0. The summed E-state index contributed by atoms with van der Waals surface area (Å²) in [7, 11) is 5.70. The molecule has 168 valence electrons. The van der Waals surface area contributed by atoms with Crippen LogP contribution in [0.3, 0.4) is 0 Å². The van der Waals surface area contributed by atoms with E-state index in [9.17, 15) is 38.4 Å². The van der Waals surface area contributed by atoms with Gasteiger partial charge in [0.25, 0.3) is 23.6 Å². The molecule has 5 aliphatic rings. The Hall–Kier alpha value is -3.96. The van der Waals surface area contributed by atoms with Gasteiger partial charge in [-0.2, -0.15) is 0 Å². The van der Waals surface area contributed by atoms with Crippen molar-refractivity contribution >= 4 is 47.3 Å². The van der Waals surface area contributed by atoms with Crippen molar-refractivity contribution in [3.63, 3.8) is 0 Å². The Morgan fingerprint density at radius 3 is 0.719 bits per heavy atom. The molecule has 0 unspecified atom stereocenters. The quantitative estimate of drug-likeness (QED) is 0.374. The zero-order valence-electron chi connectivity index (χ0n) is 17.7. The van der Waals surface area contributed by atoms with Crippen LogP contribution in [0.5, 0.6) is 0 Å². The summed E-state index contributed by atoms with van der Waals surface area (Å²) in [5, 5.41) is 0. The second-order valence-electron chi connectivity index (χ2n) is 7.71. The molecule has 3 fully saturated rings. The molecule has 0 spiro atoms. The lowest BCUT2D eigenvalue weighted by Crippen LogP contribution is -2.50. The lowest BCUT2D eigenvalue weighted by atomic mass is 9.59. The molecule has 0 radical (unpaired) electrons. The van der Waals surface area contributed by atoms with Crippen molar-refractivity contribution in [1.82, 2.24) is 19.6 Å². The van der Waals surface area contributed by atoms with E-state index in [1.54, 1.807) is 0 Å². The number of likely N-dealkylation sites (tertiary alicyclic amines) is 2. The maximum Gasteiger partial charge on any atom is 0.253 e. The van der Waals surface area contributed by atoms with Gasteiger partial charge < -0.3 is 0 Å². The van der Waals surface area contributed by atoms with Gasteiger partial charge in [-0.3, -0.25) is 58.0 Å². The largest absolute Gasteiger partial charge is 0.285 e. The summed E-state index contributed by atoms with van der Waals surface area (Å²) in [6, 6.07) is 0. The SMILES string of the molecule is CN1C(=O)C2C(C1=O)C1C(=O)N(C)C(=O)C21.CN1C(=O)C=CC1=O.CN1C(=O)C=CC1=O. The third-order valence-electron chi connectivity index (χ3n) is 6.07. The molecule has 1 aliphatic carbocycles. The van der Waals surface area contributed by atoms with Gasteiger partial charge in [0.1, 0.15) is 0 Å². The summed E-state index contributed by atoms with van der Waals surface area (Å²) in [6.07, 6.45) is 5.01. The Morgan fingerprint density at radius 2 is 0.594 bits per heavy atom. The van der Waals surface area contributed by atoms with E-state index in [1.807, 2.05) is 0 Å². The van der Waals surface area contributed by atoms with E-state index in [0.29, 0.717) is 0 Å². The van der Waals surface area contributed by atoms with Crippen molar-refractivity contribution in [3.8, 4) is 0 Å². The summed E-state index contributed by atoms with van der Waals surface area (Å²) in [6.45, 7) is 0. The minimum Gasteiger partial charge on any atom is -0.285 e. The van der Waals surface area contributed by atoms with Gasteiger partial charge in [0, 0.05) is 52.5 Å². The number of likely N-dealkylation sites (N-methyl/N-ethyl adjacent to an activating group) is 2. The van der Waals surface area contributed by atoms with Gasteiger partial charge >= 0.3 is 0 Å². The van der Waals surface area contributed by atoms with Gasteiger partial charge in [-0.1, -0.05) is 0 Å². The van der Waals surface area contributed by atoms with E-state index in [4.69, 9.17) is 0 Å². The number of amides is 8. The lowest BCUT2D eigenvalue weighted by molar-refractivity contribution is -0.146. The highest BCUT2D eigenvalue weighted by molar-refractivity contribution is 6.17. The van der Waals surface area contributed by atoms with E-state index in [1.165, 1.54) is 52.5 Å². The predicted octanol–water partition coefficient (Wildman–Crippen LogP) is -2.46. The third kappa shape index (κ3) is 3.33. The Labute approximate surface area is 182 Å². The molecular weight excluding hydrogens is 424 g/mol. The Morgan fingerprint density at radius 1 is 0.406 bits per heavy atom. The smallest absolute Gasteiger partial charge is 0.253 e. The first-order valence-corrected chi connectivity index (χ1v) is 9.52. The fourth-order valence-corrected chi connectivity index (χ4v) is 4.04. The average molecular weight is 444 g/mol. The first-order chi connectivity index (χ1) is 14.9. The summed E-state index contributed by atoms with van der Waals surface area (Å²) in [4.78, 5) is 92.6. The topological polar surface area (TPSA) is 150 Å². The minimum absolute atomic E-state index is 0.241. The van der Waals surface area contributed by atoms with Crippen molar-refractivity contribution in [2.75, 3.05) is 28.2 Å². The number of hydrogen-bond donors (Lipinski definition) is 0. The molecule has 5 rings (SSSR count). The molecule has 1 saturated carbocycles. The highest BCUT2D eigenvalue weighted by Gasteiger charge is 2.72. The van der Waals surface area contributed by atoms with E-state index in [0.717, 1.165) is 19.6 Å². The van der Waals surface area contributed by atoms with Crippen LogP contribution in [0.4, 0.5) is 0 Å². The molecule has 4 aliphatic heterocycles. The van der Waals surface area contributed by atoms with Crippen molar-refractivity contribution in [2.45, 2.75) is 0 Å². The summed E-state index contributed by atoms with van der Waals surface area (Å²) in [5.41, 5.74) is 0. The molecule has 8 amide bonds. The molecule has 0 aromatic heterocycles. The van der Waals surface area contributed by atoms with Gasteiger partial charge in [0.2, 0.25) is 23.6 Å². The van der Waals surface area contributed by atoms with Crippen LogP contribution < -0.4 is 0 Å². The molecule has 0 atom stereocenters. The number of fused-ring (bicyclic) bond motifs is 4. The van der Waals surface area contributed by atoms with Crippen molar-refractivity contribution in [2.24, 2.45) is 23.7 Å². The zero-order valence-corrected chi connectivity index (χ0v) is 17.7. The highest BCUT2D eigenvalue weighted by Crippen LogP contribution is 2.55. The average Bonchev–Trinajstić information content (AvgIpc) is 3.32. The van der Waals surface area contributed by atoms with Crippen LogP contribution in [0.15, 0.2) is 24.3 Å². The normalized spacial score (nSPS) is 29.9. The van der Waals surface area contributed by atoms with Crippen LogP contribution in [-0.2, 0) is 38.4 Å². The Balaban J connectivity index is 0.000000152. The molecule has 0 N–H and O–H groups in total. The van der Waals surface area contributed by atoms with Gasteiger partial charge in [-0.25, -0.2) is 0 Å². The minimum atomic E-state index is -0.594. The molecule has 4 heterocycles. The molecule has 0 aromatic rings. The zero-order chi connectivity index (χ0) is 24.1. The Bertz CT molecular complexity index is 878. The predicted molar refractivity (Wildman–Crippen MR) is 103 cm³/mol. The van der Waals surface area contributed by atoms with Gasteiger partial charge in [0.15, 0.2) is 0 Å². The molecule has 12 nitrogen and oxygen atoms in total.